The molecule has 4 heteroatoms. The lowest BCUT2D eigenvalue weighted by Crippen LogP contribution is -2.32. The first-order chi connectivity index (χ1) is 12.8. The molecule has 1 aliphatic carbocycles. The van der Waals surface area contributed by atoms with Crippen LogP contribution in [0.2, 0.25) is 0 Å². The Morgan fingerprint density at radius 3 is 3.15 bits per heavy atom. The number of nitrogens with zero attached hydrogens (tertiary/aromatic N) is 2. The Kier molecular flexibility index (Phi) is 5.49. The van der Waals surface area contributed by atoms with Crippen LogP contribution in [0.15, 0.2) is 47.9 Å². The van der Waals surface area contributed by atoms with Crippen molar-refractivity contribution >= 4 is 6.29 Å². The molecule has 0 aromatic carbocycles. The molecule has 0 radical (unpaired) electrons. The summed E-state index contributed by atoms with van der Waals surface area (Å²) in [6, 6.07) is 6.60. The molecule has 2 fully saturated rings. The molecule has 3 atom stereocenters. The molecule has 3 unspecified atom stereocenters. The molecule has 26 heavy (non-hydrogen) atoms. The Morgan fingerprint density at radius 1 is 1.35 bits per heavy atom. The molecule has 0 amide bonds. The van der Waals surface area contributed by atoms with E-state index in [0.29, 0.717) is 24.4 Å². The number of carbonyl (C=O) groups is 1. The molecule has 0 bridgehead atoms. The zero-order valence-electron chi connectivity index (χ0n) is 15.3. The number of pyridine rings is 1. The Labute approximate surface area is 155 Å². The van der Waals surface area contributed by atoms with Crippen molar-refractivity contribution in [3.8, 4) is 0 Å². The van der Waals surface area contributed by atoms with Crippen LogP contribution in [0.5, 0.6) is 0 Å². The molecule has 4 nitrogen and oxygen atoms in total. The van der Waals surface area contributed by atoms with Gasteiger partial charge in [0.15, 0.2) is 0 Å². The van der Waals surface area contributed by atoms with E-state index in [1.54, 1.807) is 0 Å². The van der Waals surface area contributed by atoms with E-state index in [-0.39, 0.29) is 0 Å². The molecule has 2 saturated heterocycles. The largest absolute Gasteiger partial charge is 0.493 e. The maximum atomic E-state index is 11.2. The van der Waals surface area contributed by atoms with Crippen molar-refractivity contribution in [2.75, 3.05) is 19.7 Å². The zero-order valence-corrected chi connectivity index (χ0v) is 15.3. The predicted molar refractivity (Wildman–Crippen MR) is 102 cm³/mol. The number of fused-ring (bicyclic) bond motifs is 1. The first kappa shape index (κ1) is 17.5. The number of carbonyl (C=O) groups excluding carboxylic acids is 1. The summed E-state index contributed by atoms with van der Waals surface area (Å²) in [5, 5.41) is 0. The topological polar surface area (TPSA) is 42.4 Å². The second kappa shape index (κ2) is 8.17. The van der Waals surface area contributed by atoms with Gasteiger partial charge >= 0.3 is 0 Å². The van der Waals surface area contributed by atoms with Crippen LogP contribution in [0.3, 0.4) is 0 Å². The molecular weight excluding hydrogens is 324 g/mol. The van der Waals surface area contributed by atoms with E-state index in [2.05, 4.69) is 34.2 Å². The van der Waals surface area contributed by atoms with Gasteiger partial charge in [0.2, 0.25) is 0 Å². The van der Waals surface area contributed by atoms with Gasteiger partial charge in [-0.25, -0.2) is 0 Å². The van der Waals surface area contributed by atoms with Crippen molar-refractivity contribution < 1.29 is 9.53 Å². The van der Waals surface area contributed by atoms with Crippen molar-refractivity contribution in [3.05, 3.63) is 53.6 Å². The Morgan fingerprint density at radius 2 is 2.31 bits per heavy atom. The SMILES string of the molecule is O=CCN1CC(C2C=C3CCOC3=CCC2)CC1CCc1ccccn1. The Balaban J connectivity index is 1.42. The normalized spacial score (nSPS) is 28.7. The van der Waals surface area contributed by atoms with Gasteiger partial charge in [-0.1, -0.05) is 12.1 Å². The van der Waals surface area contributed by atoms with Crippen LogP contribution < -0.4 is 0 Å². The third-order valence-corrected chi connectivity index (χ3v) is 6.13. The highest BCUT2D eigenvalue weighted by molar-refractivity contribution is 5.52. The summed E-state index contributed by atoms with van der Waals surface area (Å²) < 4.78 is 5.75. The van der Waals surface area contributed by atoms with Crippen LogP contribution in [0.25, 0.3) is 0 Å². The maximum absolute atomic E-state index is 11.2. The molecule has 3 aliphatic rings. The van der Waals surface area contributed by atoms with E-state index >= 15 is 0 Å². The number of rotatable bonds is 6. The lowest BCUT2D eigenvalue weighted by molar-refractivity contribution is -0.109. The summed E-state index contributed by atoms with van der Waals surface area (Å²) in [5.74, 6) is 2.38. The summed E-state index contributed by atoms with van der Waals surface area (Å²) in [5.41, 5.74) is 2.56. The number of aldehydes is 1. The van der Waals surface area contributed by atoms with Crippen LogP contribution >= 0.6 is 0 Å². The molecule has 4 rings (SSSR count). The van der Waals surface area contributed by atoms with E-state index in [1.165, 1.54) is 18.4 Å². The third kappa shape index (κ3) is 3.90. The molecule has 1 aromatic rings. The standard InChI is InChI=1S/C22H28N2O2/c25-12-11-24-16-19(15-21(24)8-7-20-5-1-2-10-23-20)17-4-3-6-22-18(14-17)9-13-26-22/h1-2,5-6,10,12,14,17,19,21H,3-4,7-9,11,13,15-16H2. The number of aromatic nitrogens is 1. The first-order valence-electron chi connectivity index (χ1n) is 9.95. The predicted octanol–water partition coefficient (Wildman–Crippen LogP) is 3.54. The minimum Gasteiger partial charge on any atom is -0.493 e. The van der Waals surface area contributed by atoms with Crippen LogP contribution in [0.1, 0.15) is 37.8 Å². The van der Waals surface area contributed by atoms with Gasteiger partial charge in [-0.05, 0) is 67.7 Å². The molecule has 0 spiro atoms. The number of aryl methyl sites for hydroxylation is 1. The van der Waals surface area contributed by atoms with E-state index in [1.807, 2.05) is 12.3 Å². The number of likely N-dealkylation sites (tertiary alicyclic amines) is 1. The van der Waals surface area contributed by atoms with Crippen molar-refractivity contribution in [1.82, 2.24) is 9.88 Å². The van der Waals surface area contributed by atoms with Gasteiger partial charge in [-0.3, -0.25) is 9.88 Å². The van der Waals surface area contributed by atoms with E-state index in [4.69, 9.17) is 4.74 Å². The fourth-order valence-electron chi connectivity index (χ4n) is 4.78. The monoisotopic (exact) mass is 352 g/mol. The van der Waals surface area contributed by atoms with Gasteiger partial charge in [0.05, 0.1) is 13.2 Å². The quantitative estimate of drug-likeness (QED) is 0.735. The Bertz CT molecular complexity index is 683. The Hall–Kier alpha value is -1.94. The van der Waals surface area contributed by atoms with E-state index < -0.39 is 0 Å². The summed E-state index contributed by atoms with van der Waals surface area (Å²) >= 11 is 0. The third-order valence-electron chi connectivity index (χ3n) is 6.13. The van der Waals surface area contributed by atoms with E-state index in [9.17, 15) is 4.79 Å². The first-order valence-corrected chi connectivity index (χ1v) is 9.95. The average molecular weight is 352 g/mol. The number of hydrogen-bond acceptors (Lipinski definition) is 4. The molecular formula is C22H28N2O2. The zero-order chi connectivity index (χ0) is 17.8. The molecule has 0 saturated carbocycles. The van der Waals surface area contributed by atoms with Gasteiger partial charge in [-0.2, -0.15) is 0 Å². The van der Waals surface area contributed by atoms with Crippen molar-refractivity contribution in [2.45, 2.75) is 44.6 Å². The van der Waals surface area contributed by atoms with Gasteiger partial charge in [0.25, 0.3) is 0 Å². The smallest absolute Gasteiger partial charge is 0.133 e. The summed E-state index contributed by atoms with van der Waals surface area (Å²) in [4.78, 5) is 18.0. The van der Waals surface area contributed by atoms with Crippen LogP contribution in [-0.2, 0) is 16.0 Å². The van der Waals surface area contributed by atoms with Gasteiger partial charge in [0.1, 0.15) is 12.0 Å². The lowest BCUT2D eigenvalue weighted by Gasteiger charge is -2.21. The van der Waals surface area contributed by atoms with Gasteiger partial charge < -0.3 is 9.53 Å². The number of ether oxygens (including phenoxy) is 1. The van der Waals surface area contributed by atoms with Crippen LogP contribution in [0, 0.1) is 11.8 Å². The molecule has 138 valence electrons. The van der Waals surface area contributed by atoms with Crippen molar-refractivity contribution in [3.63, 3.8) is 0 Å². The molecule has 0 N–H and O–H groups in total. The highest BCUT2D eigenvalue weighted by Gasteiger charge is 2.36. The van der Waals surface area contributed by atoms with E-state index in [0.717, 1.165) is 56.6 Å². The fourth-order valence-corrected chi connectivity index (χ4v) is 4.78. The van der Waals surface area contributed by atoms with Gasteiger partial charge in [-0.15, -0.1) is 0 Å². The minimum absolute atomic E-state index is 0.487. The molecule has 3 heterocycles. The van der Waals surface area contributed by atoms with Crippen LogP contribution in [0.4, 0.5) is 0 Å². The summed E-state index contributed by atoms with van der Waals surface area (Å²) in [7, 11) is 0. The maximum Gasteiger partial charge on any atom is 0.133 e. The average Bonchev–Trinajstić information content (AvgIpc) is 3.22. The lowest BCUT2D eigenvalue weighted by atomic mass is 9.85. The van der Waals surface area contributed by atoms with Gasteiger partial charge in [0, 0.05) is 30.9 Å². The fraction of sp³-hybridized carbons (Fsp3) is 0.545. The van der Waals surface area contributed by atoms with Crippen molar-refractivity contribution in [1.29, 1.82) is 0 Å². The number of allylic oxidation sites excluding steroid dienone is 3. The van der Waals surface area contributed by atoms with Crippen molar-refractivity contribution in [2.24, 2.45) is 11.8 Å². The molecule has 1 aromatic heterocycles. The second-order valence-corrected chi connectivity index (χ2v) is 7.73. The molecule has 2 aliphatic heterocycles. The number of hydrogen-bond donors (Lipinski definition) is 0. The van der Waals surface area contributed by atoms with Crippen LogP contribution in [-0.4, -0.2) is 41.9 Å². The highest BCUT2D eigenvalue weighted by atomic mass is 16.5. The summed E-state index contributed by atoms with van der Waals surface area (Å²) in [6.45, 7) is 2.43. The summed E-state index contributed by atoms with van der Waals surface area (Å²) in [6.07, 6.45) is 14.3. The minimum atomic E-state index is 0.487. The highest BCUT2D eigenvalue weighted by Crippen LogP contribution is 2.38. The second-order valence-electron chi connectivity index (χ2n) is 7.73.